The molecule has 0 saturated heterocycles. The molecule has 12 heteroatoms. The van der Waals surface area contributed by atoms with E-state index >= 15 is 0 Å². The van der Waals surface area contributed by atoms with Gasteiger partial charge in [-0.15, -0.1) is 0 Å². The average Bonchev–Trinajstić information content (AvgIpc) is 1.66. The Morgan fingerprint density at radius 2 is 0.602 bits per heavy atom. The summed E-state index contributed by atoms with van der Waals surface area (Å²) in [5.41, 5.74) is 24.3. The average molecular weight is 1400 g/mol. The van der Waals surface area contributed by atoms with Crippen molar-refractivity contribution in [1.82, 2.24) is 39.9 Å². The fourth-order valence-corrected chi connectivity index (χ4v) is 13.7. The molecule has 0 bridgehead atoms. The van der Waals surface area contributed by atoms with Crippen molar-refractivity contribution >= 4 is 122 Å². The summed E-state index contributed by atoms with van der Waals surface area (Å²) in [5, 5.41) is 16.3. The number of aromatic amines is 8. The molecule has 20 aromatic rings. The van der Waals surface area contributed by atoms with Crippen LogP contribution in [0.5, 0.6) is 11.6 Å². The molecular formula is C96H74N10O2. The fraction of sp³-hybridized carbons (Fsp3) is 0. The van der Waals surface area contributed by atoms with Crippen molar-refractivity contribution in [3.63, 3.8) is 0 Å². The molecular weight excluding hydrogens is 1330 g/mol. The number of anilines is 2. The van der Waals surface area contributed by atoms with E-state index in [-0.39, 0.29) is 0 Å². The first-order valence-electron chi connectivity index (χ1n) is 35.8. The van der Waals surface area contributed by atoms with Crippen molar-refractivity contribution in [3.05, 3.63) is 389 Å². The maximum Gasteiger partial charge on any atom is 0.198 e. The summed E-state index contributed by atoms with van der Waals surface area (Å²) >= 11 is 0. The molecule has 0 fully saturated rings. The molecule has 108 heavy (non-hydrogen) atoms. The normalized spacial score (nSPS) is 11.1. The van der Waals surface area contributed by atoms with Gasteiger partial charge < -0.3 is 60.0 Å². The van der Waals surface area contributed by atoms with E-state index in [1.165, 1.54) is 32.3 Å². The third-order valence-corrected chi connectivity index (χ3v) is 19.2. The zero-order valence-electron chi connectivity index (χ0n) is 59.0. The lowest BCUT2D eigenvalue weighted by Gasteiger charge is -2.09. The molecule has 520 valence electrons. The van der Waals surface area contributed by atoms with Gasteiger partial charge in [-0.25, -0.2) is 0 Å². The van der Waals surface area contributed by atoms with Crippen LogP contribution >= 0.6 is 0 Å². The minimum atomic E-state index is 0.597. The van der Waals surface area contributed by atoms with E-state index in [9.17, 15) is 0 Å². The van der Waals surface area contributed by atoms with Crippen LogP contribution in [0.2, 0.25) is 0 Å². The predicted octanol–water partition coefficient (Wildman–Crippen LogP) is 25.5. The number of H-pyrrole nitrogens is 8. The van der Waals surface area contributed by atoms with Crippen LogP contribution in [-0.2, 0) is 0 Å². The van der Waals surface area contributed by atoms with Gasteiger partial charge in [-0.3, -0.25) is 0 Å². The first-order valence-corrected chi connectivity index (χ1v) is 35.8. The van der Waals surface area contributed by atoms with E-state index in [1.807, 2.05) is 133 Å². The molecule has 0 spiro atoms. The summed E-state index contributed by atoms with van der Waals surface area (Å²) in [6.07, 6.45) is 0. The molecule has 0 aliphatic carbocycles. The largest absolute Gasteiger partial charge is 0.456 e. The summed E-state index contributed by atoms with van der Waals surface area (Å²) in [6, 6.07) is 116. The number of aromatic nitrogens is 8. The van der Waals surface area contributed by atoms with E-state index in [2.05, 4.69) is 283 Å². The standard InChI is InChI=1S/2C24H19N3.2C24H18N2O/c1-16(23-14-18-7-2-4-11-21(18)26-23)25-20-10-6-9-17(13-20)24-15-19-8-3-5-12-22(19)27-24;1-16(25-24-15-20-8-3-5-12-22(20)27-24)17-9-6-10-18(13-17)23-14-19-7-2-4-11-21(19)26-23;1-16(23-14-18-7-2-4-11-21(18)25-23)27-20-10-6-9-17(13-20)24-15-19-8-3-5-12-22(19)26-24;1-16(27-24-15-20-8-3-5-12-22(20)26-24)17-9-6-10-18(13-17)23-14-19-7-2-4-11-21(19)25-23/h2*2-15,25-27H,1H2;2*2-15,25-26H,1H2. The Hall–Kier alpha value is -14.9. The zero-order valence-corrected chi connectivity index (χ0v) is 59.0. The van der Waals surface area contributed by atoms with E-state index in [4.69, 9.17) is 9.47 Å². The molecule has 12 aromatic carbocycles. The number of para-hydroxylation sites is 8. The topological polar surface area (TPSA) is 169 Å². The number of hydrogen-bond acceptors (Lipinski definition) is 4. The Morgan fingerprint density at radius 1 is 0.241 bits per heavy atom. The molecule has 0 amide bonds. The van der Waals surface area contributed by atoms with Crippen LogP contribution in [0.3, 0.4) is 0 Å². The Kier molecular flexibility index (Phi) is 18.1. The van der Waals surface area contributed by atoms with E-state index < -0.39 is 0 Å². The highest BCUT2D eigenvalue weighted by Gasteiger charge is 2.14. The molecule has 10 N–H and O–H groups in total. The minimum absolute atomic E-state index is 0.597. The van der Waals surface area contributed by atoms with Gasteiger partial charge in [-0.1, -0.05) is 233 Å². The molecule has 0 aliphatic heterocycles. The summed E-state index contributed by atoms with van der Waals surface area (Å²) in [4.78, 5) is 27.3. The second-order valence-corrected chi connectivity index (χ2v) is 26.6. The van der Waals surface area contributed by atoms with Crippen molar-refractivity contribution in [1.29, 1.82) is 0 Å². The highest BCUT2D eigenvalue weighted by atomic mass is 16.5. The van der Waals surface area contributed by atoms with Gasteiger partial charge in [0.15, 0.2) is 5.88 Å². The van der Waals surface area contributed by atoms with Gasteiger partial charge in [0.05, 0.1) is 17.1 Å². The molecule has 0 aliphatic rings. The predicted molar refractivity (Wildman–Crippen MR) is 453 cm³/mol. The van der Waals surface area contributed by atoms with Gasteiger partial charge >= 0.3 is 0 Å². The van der Waals surface area contributed by atoms with Gasteiger partial charge in [0.25, 0.3) is 0 Å². The lowest BCUT2D eigenvalue weighted by atomic mass is 10.1. The van der Waals surface area contributed by atoms with Gasteiger partial charge in [0, 0.05) is 144 Å². The van der Waals surface area contributed by atoms with E-state index in [1.54, 1.807) is 0 Å². The Balaban J connectivity index is 0.000000105. The summed E-state index contributed by atoms with van der Waals surface area (Å²) in [6.45, 7) is 16.6. The number of nitrogens with one attached hydrogen (secondary N) is 10. The summed E-state index contributed by atoms with van der Waals surface area (Å²) in [5.74, 6) is 3.60. The van der Waals surface area contributed by atoms with Crippen molar-refractivity contribution in [2.45, 2.75) is 0 Å². The number of ether oxygens (including phenoxy) is 2. The van der Waals surface area contributed by atoms with Gasteiger partial charge in [-0.2, -0.15) is 0 Å². The zero-order chi connectivity index (χ0) is 72.9. The number of fused-ring (bicyclic) bond motifs is 8. The molecule has 8 heterocycles. The molecule has 20 rings (SSSR count). The molecule has 0 atom stereocenters. The molecule has 0 radical (unpaired) electrons. The van der Waals surface area contributed by atoms with Crippen molar-refractivity contribution in [2.75, 3.05) is 10.6 Å². The van der Waals surface area contributed by atoms with Crippen LogP contribution < -0.4 is 20.1 Å². The van der Waals surface area contributed by atoms with Crippen LogP contribution in [0.4, 0.5) is 11.5 Å². The maximum absolute atomic E-state index is 6.03. The molecule has 0 unspecified atom stereocenters. The second-order valence-electron chi connectivity index (χ2n) is 26.6. The van der Waals surface area contributed by atoms with Crippen LogP contribution in [0.1, 0.15) is 22.5 Å². The third-order valence-electron chi connectivity index (χ3n) is 19.2. The quantitative estimate of drug-likeness (QED) is 0.0435. The Morgan fingerprint density at radius 3 is 1.06 bits per heavy atom. The smallest absolute Gasteiger partial charge is 0.198 e. The van der Waals surface area contributed by atoms with Crippen LogP contribution in [-0.4, -0.2) is 39.9 Å². The Bertz CT molecular complexity index is 6040. The highest BCUT2D eigenvalue weighted by Crippen LogP contribution is 2.35. The number of rotatable bonds is 16. The SMILES string of the molecule is C=C(Nc1cc2ccccc2[nH]1)c1cccc(-c2cc3ccccc3[nH]2)c1.C=C(Nc1cccc(-c2cc3ccccc3[nH]2)c1)c1cc2ccccc2[nH]1.C=C(Oc1cc2ccccc2[nH]1)c1cccc(-c2cc3ccccc3[nH]2)c1.C=C(Oc1cccc(-c2cc3ccccc3[nH]2)c1)c1cc2ccccc2[nH]1. The second kappa shape index (κ2) is 29.5. The van der Waals surface area contributed by atoms with Crippen molar-refractivity contribution in [2.24, 2.45) is 0 Å². The minimum Gasteiger partial charge on any atom is -0.456 e. The van der Waals surface area contributed by atoms with Gasteiger partial charge in [0.1, 0.15) is 23.1 Å². The van der Waals surface area contributed by atoms with Crippen LogP contribution in [0.15, 0.2) is 366 Å². The number of benzene rings is 12. The highest BCUT2D eigenvalue weighted by molar-refractivity contribution is 5.93. The van der Waals surface area contributed by atoms with Crippen LogP contribution in [0, 0.1) is 0 Å². The van der Waals surface area contributed by atoms with Gasteiger partial charge in [-0.05, 0) is 144 Å². The van der Waals surface area contributed by atoms with Crippen molar-refractivity contribution in [3.8, 4) is 56.7 Å². The monoisotopic (exact) mass is 1400 g/mol. The lowest BCUT2D eigenvalue weighted by Crippen LogP contribution is -1.97. The Labute approximate surface area is 623 Å². The fourth-order valence-electron chi connectivity index (χ4n) is 13.7. The van der Waals surface area contributed by atoms with E-state index in [0.29, 0.717) is 17.4 Å². The summed E-state index contributed by atoms with van der Waals surface area (Å²) < 4.78 is 12.0. The first kappa shape index (κ1) is 66.4. The molecule has 12 nitrogen and oxygen atoms in total. The van der Waals surface area contributed by atoms with E-state index in [0.717, 1.165) is 151 Å². The molecule has 8 aromatic heterocycles. The summed E-state index contributed by atoms with van der Waals surface area (Å²) in [7, 11) is 0. The van der Waals surface area contributed by atoms with Gasteiger partial charge in [0.2, 0.25) is 0 Å². The first-order chi connectivity index (χ1) is 53.0. The van der Waals surface area contributed by atoms with Crippen molar-refractivity contribution < 1.29 is 9.47 Å². The maximum atomic E-state index is 6.03. The van der Waals surface area contributed by atoms with Crippen LogP contribution in [0.25, 0.3) is 155 Å². The molecule has 0 saturated carbocycles. The third kappa shape index (κ3) is 14.6. The number of hydrogen-bond donors (Lipinski definition) is 10. The lowest BCUT2D eigenvalue weighted by molar-refractivity contribution is 0.500.